The number of fused-ring (bicyclic) bond motifs is 1. The van der Waals surface area contributed by atoms with Gasteiger partial charge >= 0.3 is 12.4 Å². The molecule has 1 aromatic carbocycles. The Balaban J connectivity index is 1.47. The van der Waals surface area contributed by atoms with Crippen LogP contribution >= 0.6 is 0 Å². The molecule has 0 spiro atoms. The number of aromatic nitrogens is 1. The van der Waals surface area contributed by atoms with E-state index in [1.807, 2.05) is 0 Å². The molecule has 1 amide bonds. The first-order valence-electron chi connectivity index (χ1n) is 10.4. The van der Waals surface area contributed by atoms with Crippen LogP contribution in [0.1, 0.15) is 24.1 Å². The minimum Gasteiger partial charge on any atom is -0.487 e. The fourth-order valence-electron chi connectivity index (χ4n) is 4.12. The number of pyridine rings is 1. The van der Waals surface area contributed by atoms with Gasteiger partial charge in [0.25, 0.3) is 0 Å². The van der Waals surface area contributed by atoms with Crippen LogP contribution in [0, 0.1) is 0 Å². The van der Waals surface area contributed by atoms with Crippen LogP contribution in [-0.4, -0.2) is 60.3 Å². The van der Waals surface area contributed by atoms with Gasteiger partial charge in [-0.2, -0.15) is 30.6 Å². The molecule has 2 unspecified atom stereocenters. The molecule has 3 heterocycles. The zero-order chi connectivity index (χ0) is 25.6. The SMILES string of the molecule is O=C1CCN(S(=O)(=O)c2ccc(C(F)(F)F)cc2)CC2CC(Oc3ccc(C(F)(F)F)nc3)CN12. The monoisotopic (exact) mass is 523 g/mol. The number of hydrogen-bond donors (Lipinski definition) is 0. The van der Waals surface area contributed by atoms with E-state index in [2.05, 4.69) is 4.98 Å². The highest BCUT2D eigenvalue weighted by atomic mass is 32.2. The summed E-state index contributed by atoms with van der Waals surface area (Å²) in [6.45, 7) is -0.123. The van der Waals surface area contributed by atoms with Gasteiger partial charge in [0.05, 0.1) is 23.2 Å². The van der Waals surface area contributed by atoms with Crippen molar-refractivity contribution in [2.45, 2.75) is 42.2 Å². The van der Waals surface area contributed by atoms with E-state index in [1.54, 1.807) is 0 Å². The molecule has 2 aliphatic heterocycles. The van der Waals surface area contributed by atoms with E-state index in [-0.39, 0.29) is 49.0 Å². The number of carbonyl (C=O) groups excluding carboxylic acids is 1. The number of sulfonamides is 1. The number of carbonyl (C=O) groups is 1. The fraction of sp³-hybridized carbons (Fsp3) is 0.429. The van der Waals surface area contributed by atoms with Crippen molar-refractivity contribution in [3.63, 3.8) is 0 Å². The first-order chi connectivity index (χ1) is 16.2. The predicted molar refractivity (Wildman–Crippen MR) is 109 cm³/mol. The minimum atomic E-state index is -4.61. The molecule has 0 bridgehead atoms. The van der Waals surface area contributed by atoms with Crippen LogP contribution < -0.4 is 4.74 Å². The molecule has 0 aliphatic carbocycles. The van der Waals surface area contributed by atoms with Gasteiger partial charge < -0.3 is 9.64 Å². The highest BCUT2D eigenvalue weighted by Crippen LogP contribution is 2.33. The molecule has 35 heavy (non-hydrogen) atoms. The molecule has 0 radical (unpaired) electrons. The van der Waals surface area contributed by atoms with Crippen LogP contribution in [0.4, 0.5) is 26.3 Å². The van der Waals surface area contributed by atoms with Gasteiger partial charge in [0, 0.05) is 32.0 Å². The van der Waals surface area contributed by atoms with Gasteiger partial charge in [-0.3, -0.25) is 4.79 Å². The molecule has 14 heteroatoms. The van der Waals surface area contributed by atoms with Crippen molar-refractivity contribution in [2.24, 2.45) is 0 Å². The Kier molecular flexibility index (Phi) is 6.47. The van der Waals surface area contributed by atoms with Gasteiger partial charge in [0.15, 0.2) is 0 Å². The molecule has 7 nitrogen and oxygen atoms in total. The Labute approximate surface area is 196 Å². The van der Waals surface area contributed by atoms with Gasteiger partial charge in [-0.15, -0.1) is 0 Å². The van der Waals surface area contributed by atoms with Gasteiger partial charge in [-0.25, -0.2) is 13.4 Å². The van der Waals surface area contributed by atoms with Crippen molar-refractivity contribution < 1.29 is 44.3 Å². The minimum absolute atomic E-state index is 0.0716. The highest BCUT2D eigenvalue weighted by molar-refractivity contribution is 7.89. The summed E-state index contributed by atoms with van der Waals surface area (Å²) in [7, 11) is -4.18. The molecule has 2 saturated heterocycles. The lowest BCUT2D eigenvalue weighted by atomic mass is 10.2. The summed E-state index contributed by atoms with van der Waals surface area (Å²) in [5.41, 5.74) is -2.06. The Morgan fingerprint density at radius 1 is 0.943 bits per heavy atom. The summed E-state index contributed by atoms with van der Waals surface area (Å²) in [4.78, 5) is 17.1. The van der Waals surface area contributed by atoms with E-state index in [4.69, 9.17) is 4.74 Å². The van der Waals surface area contributed by atoms with E-state index >= 15 is 0 Å². The Bertz CT molecular complexity index is 1180. The summed E-state index contributed by atoms with van der Waals surface area (Å²) < 4.78 is 109. The topological polar surface area (TPSA) is 79.8 Å². The van der Waals surface area contributed by atoms with Gasteiger partial charge in [-0.1, -0.05) is 0 Å². The van der Waals surface area contributed by atoms with Crippen molar-refractivity contribution in [1.29, 1.82) is 0 Å². The summed E-state index contributed by atoms with van der Waals surface area (Å²) in [5, 5.41) is 0. The molecule has 2 atom stereocenters. The lowest BCUT2D eigenvalue weighted by molar-refractivity contribution is -0.141. The normalized spacial score (nSPS) is 22.1. The van der Waals surface area contributed by atoms with Crippen molar-refractivity contribution in [1.82, 2.24) is 14.2 Å². The lowest BCUT2D eigenvalue weighted by Crippen LogP contribution is -2.40. The molecular formula is C21H19F6N3O4S. The fourth-order valence-corrected chi connectivity index (χ4v) is 5.60. The molecule has 2 aliphatic rings. The van der Waals surface area contributed by atoms with Gasteiger partial charge in [0.1, 0.15) is 17.5 Å². The second-order valence-electron chi connectivity index (χ2n) is 8.19. The van der Waals surface area contributed by atoms with Crippen LogP contribution in [0.3, 0.4) is 0 Å². The molecule has 190 valence electrons. The average Bonchev–Trinajstić information content (AvgIpc) is 3.10. The molecule has 0 N–H and O–H groups in total. The molecule has 2 aromatic rings. The predicted octanol–water partition coefficient (Wildman–Crippen LogP) is 3.56. The average molecular weight is 523 g/mol. The van der Waals surface area contributed by atoms with Crippen LogP contribution in [0.5, 0.6) is 5.75 Å². The number of rotatable bonds is 4. The molecule has 1 aromatic heterocycles. The van der Waals surface area contributed by atoms with E-state index in [9.17, 15) is 39.6 Å². The molecule has 0 saturated carbocycles. The molecule has 2 fully saturated rings. The third-order valence-electron chi connectivity index (χ3n) is 5.83. The van der Waals surface area contributed by atoms with E-state index in [0.29, 0.717) is 12.1 Å². The number of ether oxygens (including phenoxy) is 1. The summed E-state index contributed by atoms with van der Waals surface area (Å²) in [5.74, 6) is -0.251. The first-order valence-corrected chi connectivity index (χ1v) is 11.9. The summed E-state index contributed by atoms with van der Waals surface area (Å²) in [6, 6.07) is 4.43. The quantitative estimate of drug-likeness (QED) is 0.573. The number of benzene rings is 1. The number of amides is 1. The third-order valence-corrected chi connectivity index (χ3v) is 7.71. The number of nitrogens with zero attached hydrogens (tertiary/aromatic N) is 3. The summed E-state index contributed by atoms with van der Waals surface area (Å²) >= 11 is 0. The Morgan fingerprint density at radius 3 is 2.20 bits per heavy atom. The van der Waals surface area contributed by atoms with Crippen LogP contribution in [0.2, 0.25) is 0 Å². The second kappa shape index (κ2) is 8.97. The summed E-state index contributed by atoms with van der Waals surface area (Å²) in [6.07, 6.45) is -8.80. The van der Waals surface area contributed by atoms with Crippen molar-refractivity contribution in [3.8, 4) is 5.75 Å². The van der Waals surface area contributed by atoms with Crippen LogP contribution in [-0.2, 0) is 27.2 Å². The maximum absolute atomic E-state index is 13.1. The smallest absolute Gasteiger partial charge is 0.433 e. The number of alkyl halides is 6. The lowest BCUT2D eigenvalue weighted by Gasteiger charge is -2.25. The van der Waals surface area contributed by atoms with Crippen molar-refractivity contribution in [3.05, 3.63) is 53.9 Å². The Morgan fingerprint density at radius 2 is 1.63 bits per heavy atom. The maximum Gasteiger partial charge on any atom is 0.433 e. The second-order valence-corrected chi connectivity index (χ2v) is 10.1. The zero-order valence-electron chi connectivity index (χ0n) is 17.9. The zero-order valence-corrected chi connectivity index (χ0v) is 18.7. The molecular weight excluding hydrogens is 504 g/mol. The third kappa shape index (κ3) is 5.37. The van der Waals surface area contributed by atoms with Gasteiger partial charge in [0.2, 0.25) is 15.9 Å². The van der Waals surface area contributed by atoms with Crippen LogP contribution in [0.15, 0.2) is 47.5 Å². The van der Waals surface area contributed by atoms with Crippen LogP contribution in [0.25, 0.3) is 0 Å². The standard InChI is InChI=1S/C21H19F6N3O4S/c22-20(23,24)13-1-4-17(5-2-13)35(32,33)29-8-7-19(31)30-12-16(9-14(30)11-29)34-15-3-6-18(28-10-15)21(25,26)27/h1-6,10,14,16H,7-9,11-12H2. The number of hydrogen-bond acceptors (Lipinski definition) is 5. The van der Waals surface area contributed by atoms with Crippen molar-refractivity contribution >= 4 is 15.9 Å². The van der Waals surface area contributed by atoms with E-state index in [0.717, 1.165) is 34.8 Å². The van der Waals surface area contributed by atoms with Crippen molar-refractivity contribution in [2.75, 3.05) is 19.6 Å². The first kappa shape index (κ1) is 25.2. The highest BCUT2D eigenvalue weighted by Gasteiger charge is 2.42. The van der Waals surface area contributed by atoms with E-state index in [1.165, 1.54) is 4.90 Å². The molecule has 4 rings (SSSR count). The number of halogens is 6. The Hall–Kier alpha value is -2.87. The largest absolute Gasteiger partial charge is 0.487 e. The van der Waals surface area contributed by atoms with Gasteiger partial charge in [-0.05, 0) is 36.4 Å². The van der Waals surface area contributed by atoms with E-state index < -0.39 is 45.8 Å². The maximum atomic E-state index is 13.1.